The van der Waals surface area contributed by atoms with Gasteiger partial charge in [0.25, 0.3) is 0 Å². The Hall–Kier alpha value is -2.08. The van der Waals surface area contributed by atoms with Gasteiger partial charge in [0.1, 0.15) is 0 Å². The molecule has 0 fully saturated rings. The normalized spacial score (nSPS) is 11.1. The van der Waals surface area contributed by atoms with Crippen LogP contribution in [0, 0.1) is 6.92 Å². The Balaban J connectivity index is 2.26. The number of aromatic nitrogens is 1. The predicted octanol–water partition coefficient (Wildman–Crippen LogP) is 3.39. The number of rotatable bonds is 5. The van der Waals surface area contributed by atoms with Crippen molar-refractivity contribution >= 4 is 22.4 Å². The van der Waals surface area contributed by atoms with Crippen molar-refractivity contribution in [2.75, 3.05) is 19.5 Å². The number of ether oxygens (including phenoxy) is 2. The summed E-state index contributed by atoms with van der Waals surface area (Å²) in [7, 11) is 3.16. The molecule has 0 unspecified atom stereocenters. The number of nitrogens with one attached hydrogen (secondary N) is 1. The van der Waals surface area contributed by atoms with Crippen LogP contribution in [-0.4, -0.2) is 25.1 Å². The summed E-state index contributed by atoms with van der Waals surface area (Å²) in [5, 5.41) is 5.37. The summed E-state index contributed by atoms with van der Waals surface area (Å²) in [6, 6.07) is 5.50. The van der Waals surface area contributed by atoms with Crippen molar-refractivity contribution in [3.05, 3.63) is 34.8 Å². The molecule has 0 saturated carbocycles. The van der Waals surface area contributed by atoms with Gasteiger partial charge in [0.2, 0.25) is 5.91 Å². The molecule has 0 atom stereocenters. The highest BCUT2D eigenvalue weighted by atomic mass is 32.1. The van der Waals surface area contributed by atoms with E-state index >= 15 is 0 Å². The second-order valence-electron chi connectivity index (χ2n) is 5.44. The number of anilines is 1. The van der Waals surface area contributed by atoms with E-state index in [1.54, 1.807) is 20.3 Å². The fraction of sp³-hybridized carbons (Fsp3) is 0.375. The number of methoxy groups -OCH3 is 2. The molecule has 1 heterocycles. The smallest absolute Gasteiger partial charge is 0.236 e. The number of thiazole rings is 1. The Labute approximate surface area is 134 Å². The number of nitrogens with zero attached hydrogens (tertiary/aromatic N) is 1. The zero-order chi connectivity index (χ0) is 16.3. The van der Waals surface area contributed by atoms with E-state index in [4.69, 9.17) is 9.47 Å². The van der Waals surface area contributed by atoms with Crippen LogP contribution in [0.5, 0.6) is 11.5 Å². The van der Waals surface area contributed by atoms with Crippen molar-refractivity contribution in [1.29, 1.82) is 0 Å². The van der Waals surface area contributed by atoms with Crippen LogP contribution < -0.4 is 14.8 Å². The molecule has 0 aliphatic rings. The van der Waals surface area contributed by atoms with Gasteiger partial charge in [-0.1, -0.05) is 6.07 Å². The van der Waals surface area contributed by atoms with Crippen molar-refractivity contribution in [1.82, 2.24) is 4.98 Å². The lowest BCUT2D eigenvalue weighted by molar-refractivity contribution is -0.120. The number of aryl methyl sites for hydroxylation is 1. The van der Waals surface area contributed by atoms with Crippen LogP contribution in [0.1, 0.15) is 25.1 Å². The molecular formula is C16H20N2O3S. The standard InChI is InChI=1S/C16H20N2O3S/c1-10-9-22-15(17-10)18-14(19)16(2,3)11-6-7-12(20-4)13(8-11)21-5/h6-9H,1-5H3,(H,17,18,19). The van der Waals surface area contributed by atoms with Gasteiger partial charge < -0.3 is 14.8 Å². The Morgan fingerprint density at radius 2 is 1.91 bits per heavy atom. The molecule has 0 spiro atoms. The lowest BCUT2D eigenvalue weighted by atomic mass is 9.83. The van der Waals surface area contributed by atoms with Gasteiger partial charge in [-0.2, -0.15) is 0 Å². The third-order valence-electron chi connectivity index (χ3n) is 3.51. The van der Waals surface area contributed by atoms with E-state index in [9.17, 15) is 4.79 Å². The Bertz CT molecular complexity index is 680. The topological polar surface area (TPSA) is 60.5 Å². The minimum absolute atomic E-state index is 0.117. The van der Waals surface area contributed by atoms with E-state index in [1.165, 1.54) is 11.3 Å². The minimum Gasteiger partial charge on any atom is -0.493 e. The molecule has 0 saturated heterocycles. The first-order valence-corrected chi connectivity index (χ1v) is 7.72. The number of benzene rings is 1. The van der Waals surface area contributed by atoms with Crippen molar-refractivity contribution in [3.8, 4) is 11.5 Å². The van der Waals surface area contributed by atoms with E-state index < -0.39 is 5.41 Å². The quantitative estimate of drug-likeness (QED) is 0.917. The fourth-order valence-corrected chi connectivity index (χ4v) is 2.70. The average Bonchev–Trinajstić information content (AvgIpc) is 2.91. The third kappa shape index (κ3) is 3.22. The molecule has 0 aliphatic carbocycles. The summed E-state index contributed by atoms with van der Waals surface area (Å²) >= 11 is 1.42. The van der Waals surface area contributed by atoms with Crippen LogP contribution in [0.25, 0.3) is 0 Å². The first-order chi connectivity index (χ1) is 10.4. The van der Waals surface area contributed by atoms with Crippen molar-refractivity contribution in [2.45, 2.75) is 26.2 Å². The SMILES string of the molecule is COc1ccc(C(C)(C)C(=O)Nc2nc(C)cs2)cc1OC. The van der Waals surface area contributed by atoms with Crippen molar-refractivity contribution in [2.24, 2.45) is 0 Å². The highest BCUT2D eigenvalue weighted by molar-refractivity contribution is 7.13. The molecule has 0 bridgehead atoms. The number of carbonyl (C=O) groups excluding carboxylic acids is 1. The van der Waals surface area contributed by atoms with Gasteiger partial charge in [0.05, 0.1) is 25.3 Å². The third-order valence-corrected chi connectivity index (χ3v) is 4.39. The van der Waals surface area contributed by atoms with Gasteiger partial charge in [-0.15, -0.1) is 11.3 Å². The molecule has 0 radical (unpaired) electrons. The zero-order valence-corrected chi connectivity index (χ0v) is 14.2. The van der Waals surface area contributed by atoms with Crippen LogP contribution in [0.2, 0.25) is 0 Å². The minimum atomic E-state index is -0.723. The maximum atomic E-state index is 12.6. The summed E-state index contributed by atoms with van der Waals surface area (Å²) in [6.45, 7) is 5.62. The Morgan fingerprint density at radius 3 is 2.45 bits per heavy atom. The maximum absolute atomic E-state index is 12.6. The van der Waals surface area contributed by atoms with E-state index in [0.717, 1.165) is 11.3 Å². The molecule has 2 rings (SSSR count). The zero-order valence-electron chi connectivity index (χ0n) is 13.4. The van der Waals surface area contributed by atoms with Gasteiger partial charge in [0, 0.05) is 5.38 Å². The van der Waals surface area contributed by atoms with Gasteiger partial charge >= 0.3 is 0 Å². The highest BCUT2D eigenvalue weighted by Crippen LogP contribution is 2.34. The summed E-state index contributed by atoms with van der Waals surface area (Å²) in [4.78, 5) is 16.8. The lowest BCUT2D eigenvalue weighted by Gasteiger charge is -2.24. The molecule has 1 aromatic carbocycles. The molecule has 1 N–H and O–H groups in total. The van der Waals surface area contributed by atoms with E-state index in [-0.39, 0.29) is 5.91 Å². The molecule has 22 heavy (non-hydrogen) atoms. The maximum Gasteiger partial charge on any atom is 0.236 e. The number of amides is 1. The highest BCUT2D eigenvalue weighted by Gasteiger charge is 2.31. The fourth-order valence-electron chi connectivity index (χ4n) is 2.02. The number of carbonyl (C=O) groups is 1. The van der Waals surface area contributed by atoms with Crippen molar-refractivity contribution in [3.63, 3.8) is 0 Å². The second-order valence-corrected chi connectivity index (χ2v) is 6.30. The van der Waals surface area contributed by atoms with E-state index in [2.05, 4.69) is 10.3 Å². The lowest BCUT2D eigenvalue weighted by Crippen LogP contribution is -2.34. The van der Waals surface area contributed by atoms with E-state index in [0.29, 0.717) is 16.6 Å². The monoisotopic (exact) mass is 320 g/mol. The first kappa shape index (κ1) is 16.3. The molecule has 118 valence electrons. The van der Waals surface area contributed by atoms with Crippen LogP contribution in [-0.2, 0) is 10.2 Å². The van der Waals surface area contributed by atoms with Gasteiger partial charge in [-0.3, -0.25) is 4.79 Å². The van der Waals surface area contributed by atoms with E-state index in [1.807, 2.05) is 38.3 Å². The summed E-state index contributed by atoms with van der Waals surface area (Å²) < 4.78 is 10.5. The molecule has 2 aromatic rings. The van der Waals surface area contributed by atoms with Crippen LogP contribution in [0.15, 0.2) is 23.6 Å². The summed E-state index contributed by atoms with van der Waals surface area (Å²) in [5.41, 5.74) is 1.01. The van der Waals surface area contributed by atoms with Crippen LogP contribution >= 0.6 is 11.3 Å². The van der Waals surface area contributed by atoms with Crippen molar-refractivity contribution < 1.29 is 14.3 Å². The van der Waals surface area contributed by atoms with Crippen LogP contribution in [0.4, 0.5) is 5.13 Å². The summed E-state index contributed by atoms with van der Waals surface area (Å²) in [6.07, 6.45) is 0. The molecule has 1 aromatic heterocycles. The largest absolute Gasteiger partial charge is 0.493 e. The van der Waals surface area contributed by atoms with Gasteiger partial charge in [-0.25, -0.2) is 4.98 Å². The number of hydrogen-bond donors (Lipinski definition) is 1. The average molecular weight is 320 g/mol. The van der Waals surface area contributed by atoms with Gasteiger partial charge in [-0.05, 0) is 38.5 Å². The van der Waals surface area contributed by atoms with Gasteiger partial charge in [0.15, 0.2) is 16.6 Å². The number of hydrogen-bond acceptors (Lipinski definition) is 5. The molecule has 6 heteroatoms. The summed E-state index contributed by atoms with van der Waals surface area (Å²) in [5.74, 6) is 1.12. The second kappa shape index (κ2) is 6.36. The molecule has 0 aliphatic heterocycles. The Kier molecular flexibility index (Phi) is 4.71. The predicted molar refractivity (Wildman–Crippen MR) is 88.1 cm³/mol. The Morgan fingerprint density at radius 1 is 1.23 bits per heavy atom. The first-order valence-electron chi connectivity index (χ1n) is 6.84. The van der Waals surface area contributed by atoms with Crippen LogP contribution in [0.3, 0.4) is 0 Å². The molecule has 5 nitrogen and oxygen atoms in total. The molecule has 1 amide bonds. The molecular weight excluding hydrogens is 300 g/mol.